The highest BCUT2D eigenvalue weighted by Crippen LogP contribution is 2.32. The van der Waals surface area contributed by atoms with E-state index in [1.807, 2.05) is 0 Å². The zero-order valence-electron chi connectivity index (χ0n) is 11.0. The molecule has 1 aliphatic rings. The van der Waals surface area contributed by atoms with Gasteiger partial charge in [-0.05, 0) is 46.8 Å². The summed E-state index contributed by atoms with van der Waals surface area (Å²) in [5, 5.41) is 12.6. The molecule has 2 rings (SSSR count). The third-order valence-corrected chi connectivity index (χ3v) is 4.20. The van der Waals surface area contributed by atoms with Crippen molar-refractivity contribution >= 4 is 21.8 Å². The number of nitrogens with zero attached hydrogens (tertiary/aromatic N) is 1. The van der Waals surface area contributed by atoms with Gasteiger partial charge in [0.25, 0.3) is 5.91 Å². The number of rotatable bonds is 3. The van der Waals surface area contributed by atoms with E-state index in [-0.39, 0.29) is 12.5 Å². The van der Waals surface area contributed by atoms with Gasteiger partial charge in [-0.15, -0.1) is 0 Å². The van der Waals surface area contributed by atoms with Gasteiger partial charge in [0.05, 0.1) is 12.1 Å². The topological polar surface area (TPSA) is 62.2 Å². The molecule has 5 heteroatoms. The van der Waals surface area contributed by atoms with Crippen LogP contribution in [0, 0.1) is 5.92 Å². The molecule has 1 heterocycles. The van der Waals surface area contributed by atoms with Crippen LogP contribution in [0.1, 0.15) is 43.1 Å². The third-order valence-electron chi connectivity index (χ3n) is 3.73. The molecule has 1 aromatic heterocycles. The number of nitrogens with one attached hydrogen (secondary N) is 1. The second-order valence-corrected chi connectivity index (χ2v) is 6.37. The van der Waals surface area contributed by atoms with Gasteiger partial charge >= 0.3 is 0 Å². The molecule has 1 aromatic rings. The van der Waals surface area contributed by atoms with Gasteiger partial charge in [0.2, 0.25) is 0 Å². The quantitative estimate of drug-likeness (QED) is 0.897. The molecule has 104 valence electrons. The van der Waals surface area contributed by atoms with Crippen LogP contribution >= 0.6 is 15.9 Å². The first-order chi connectivity index (χ1) is 9.04. The Morgan fingerprint density at radius 2 is 2.42 bits per heavy atom. The van der Waals surface area contributed by atoms with Crippen molar-refractivity contribution in [3.8, 4) is 0 Å². The van der Waals surface area contributed by atoms with Crippen molar-refractivity contribution in [2.45, 2.75) is 38.1 Å². The van der Waals surface area contributed by atoms with E-state index in [4.69, 9.17) is 0 Å². The summed E-state index contributed by atoms with van der Waals surface area (Å²) >= 11 is 3.29. The van der Waals surface area contributed by atoms with Crippen LogP contribution < -0.4 is 5.32 Å². The van der Waals surface area contributed by atoms with Crippen molar-refractivity contribution in [3.05, 3.63) is 28.5 Å². The molecule has 0 bridgehead atoms. The maximum absolute atomic E-state index is 12.2. The van der Waals surface area contributed by atoms with E-state index in [2.05, 4.69) is 33.2 Å². The Hall–Kier alpha value is -0.940. The first-order valence-corrected chi connectivity index (χ1v) is 7.39. The highest BCUT2D eigenvalue weighted by atomic mass is 79.9. The lowest BCUT2D eigenvalue weighted by Gasteiger charge is -2.39. The first kappa shape index (κ1) is 14.5. The molecule has 1 amide bonds. The molecule has 2 atom stereocenters. The molecule has 2 unspecified atom stereocenters. The molecular weight excluding hydrogens is 308 g/mol. The summed E-state index contributed by atoms with van der Waals surface area (Å²) in [5.74, 6) is 0.315. The van der Waals surface area contributed by atoms with Gasteiger partial charge in [-0.1, -0.05) is 19.8 Å². The van der Waals surface area contributed by atoms with Crippen molar-refractivity contribution in [1.29, 1.82) is 0 Å². The Morgan fingerprint density at radius 1 is 1.63 bits per heavy atom. The van der Waals surface area contributed by atoms with Crippen LogP contribution in [-0.4, -0.2) is 28.1 Å². The Morgan fingerprint density at radius 3 is 3.00 bits per heavy atom. The van der Waals surface area contributed by atoms with Crippen LogP contribution in [0.15, 0.2) is 22.8 Å². The highest BCUT2D eigenvalue weighted by molar-refractivity contribution is 9.10. The lowest BCUT2D eigenvalue weighted by molar-refractivity contribution is 0.0693. The van der Waals surface area contributed by atoms with Crippen LogP contribution in [0.3, 0.4) is 0 Å². The van der Waals surface area contributed by atoms with Crippen molar-refractivity contribution in [1.82, 2.24) is 10.3 Å². The van der Waals surface area contributed by atoms with Crippen LogP contribution in [0.4, 0.5) is 0 Å². The number of hydrogen-bond donors (Lipinski definition) is 2. The molecule has 2 N–H and O–H groups in total. The fraction of sp³-hybridized carbons (Fsp3) is 0.571. The molecule has 1 fully saturated rings. The molecule has 0 radical (unpaired) electrons. The number of carbonyl (C=O) groups is 1. The van der Waals surface area contributed by atoms with Gasteiger partial charge in [-0.3, -0.25) is 4.79 Å². The van der Waals surface area contributed by atoms with E-state index < -0.39 is 5.54 Å². The van der Waals surface area contributed by atoms with E-state index in [1.165, 1.54) is 0 Å². The fourth-order valence-corrected chi connectivity index (χ4v) is 3.01. The summed E-state index contributed by atoms with van der Waals surface area (Å²) in [6, 6.07) is 3.47. The second kappa shape index (κ2) is 6.01. The van der Waals surface area contributed by atoms with Crippen molar-refractivity contribution in [3.63, 3.8) is 0 Å². The predicted molar refractivity (Wildman–Crippen MR) is 76.9 cm³/mol. The normalized spacial score (nSPS) is 27.0. The van der Waals surface area contributed by atoms with Crippen molar-refractivity contribution in [2.24, 2.45) is 5.92 Å². The molecular formula is C14H19BrN2O2. The number of halogens is 1. The molecule has 0 spiro atoms. The van der Waals surface area contributed by atoms with Gasteiger partial charge in [-0.2, -0.15) is 0 Å². The monoisotopic (exact) mass is 326 g/mol. The summed E-state index contributed by atoms with van der Waals surface area (Å²) < 4.78 is 0.840. The van der Waals surface area contributed by atoms with Gasteiger partial charge in [-0.25, -0.2) is 4.98 Å². The Bertz CT molecular complexity index is 449. The second-order valence-electron chi connectivity index (χ2n) is 5.46. The average Bonchev–Trinajstić information content (AvgIpc) is 2.39. The minimum atomic E-state index is -0.483. The lowest BCUT2D eigenvalue weighted by Crippen LogP contribution is -2.54. The number of aliphatic hydroxyl groups excluding tert-OH is 1. The molecule has 1 aliphatic carbocycles. The van der Waals surface area contributed by atoms with Crippen LogP contribution in [0.5, 0.6) is 0 Å². The maximum atomic E-state index is 12.2. The van der Waals surface area contributed by atoms with Gasteiger partial charge in [0.1, 0.15) is 5.69 Å². The lowest BCUT2D eigenvalue weighted by atomic mass is 9.77. The number of hydrogen-bond acceptors (Lipinski definition) is 3. The molecule has 0 aromatic carbocycles. The number of aromatic nitrogens is 1. The zero-order chi connectivity index (χ0) is 13.9. The maximum Gasteiger partial charge on any atom is 0.270 e. The van der Waals surface area contributed by atoms with E-state index in [0.717, 1.165) is 30.2 Å². The van der Waals surface area contributed by atoms with Crippen LogP contribution in [0.25, 0.3) is 0 Å². The molecule has 1 saturated carbocycles. The Labute approximate surface area is 121 Å². The number of amides is 1. The summed E-state index contributed by atoms with van der Waals surface area (Å²) in [4.78, 5) is 16.3. The Balaban J connectivity index is 2.09. The molecule has 0 aliphatic heterocycles. The van der Waals surface area contributed by atoms with Gasteiger partial charge in [0, 0.05) is 10.7 Å². The van der Waals surface area contributed by atoms with Crippen LogP contribution in [-0.2, 0) is 0 Å². The number of aliphatic hydroxyl groups is 1. The SMILES string of the molecule is CC1CCCC(CO)(NC(=O)c2ccc(Br)cn2)C1. The summed E-state index contributed by atoms with van der Waals surface area (Å²) in [5.41, 5.74) is -0.0991. The first-order valence-electron chi connectivity index (χ1n) is 6.60. The summed E-state index contributed by atoms with van der Waals surface area (Å²) in [7, 11) is 0. The fourth-order valence-electron chi connectivity index (χ4n) is 2.77. The van der Waals surface area contributed by atoms with E-state index in [0.29, 0.717) is 11.6 Å². The standard InChI is InChI=1S/C14H19BrN2O2/c1-10-3-2-6-14(7-10,9-18)17-13(19)12-5-4-11(15)8-16-12/h4-5,8,10,18H,2-3,6-7,9H2,1H3,(H,17,19). The zero-order valence-corrected chi connectivity index (χ0v) is 12.6. The van der Waals surface area contributed by atoms with E-state index in [1.54, 1.807) is 18.3 Å². The predicted octanol–water partition coefficient (Wildman–Crippen LogP) is 2.52. The molecule has 19 heavy (non-hydrogen) atoms. The van der Waals surface area contributed by atoms with Crippen molar-refractivity contribution < 1.29 is 9.90 Å². The van der Waals surface area contributed by atoms with Crippen LogP contribution in [0.2, 0.25) is 0 Å². The minimum absolute atomic E-state index is 0.0143. The minimum Gasteiger partial charge on any atom is -0.394 e. The van der Waals surface area contributed by atoms with Gasteiger partial charge < -0.3 is 10.4 Å². The van der Waals surface area contributed by atoms with Crippen molar-refractivity contribution in [2.75, 3.05) is 6.61 Å². The third kappa shape index (κ3) is 3.54. The smallest absolute Gasteiger partial charge is 0.270 e. The summed E-state index contributed by atoms with van der Waals surface area (Å²) in [6.07, 6.45) is 5.45. The highest BCUT2D eigenvalue weighted by Gasteiger charge is 2.36. The van der Waals surface area contributed by atoms with E-state index >= 15 is 0 Å². The Kier molecular flexibility index (Phi) is 4.58. The summed E-state index contributed by atoms with van der Waals surface area (Å²) in [6.45, 7) is 2.15. The average molecular weight is 327 g/mol. The molecule has 0 saturated heterocycles. The van der Waals surface area contributed by atoms with E-state index in [9.17, 15) is 9.90 Å². The number of carbonyl (C=O) groups excluding carboxylic acids is 1. The molecule has 4 nitrogen and oxygen atoms in total. The largest absolute Gasteiger partial charge is 0.394 e. The van der Waals surface area contributed by atoms with Gasteiger partial charge in [0.15, 0.2) is 0 Å². The number of pyridine rings is 1.